The number of halogens is 1. The Labute approximate surface area is 362 Å². The number of hydrogen-bond donors (Lipinski definition) is 5. The largest absolute Gasteiger partial charge is 0.488 e. The van der Waals surface area contributed by atoms with Crippen LogP contribution in [-0.4, -0.2) is 109 Å². The second kappa shape index (κ2) is 23.5. The highest BCUT2D eigenvalue weighted by atomic mass is 79.9. The first kappa shape index (κ1) is 51.5. The summed E-state index contributed by atoms with van der Waals surface area (Å²) in [6, 6.07) is 0. The van der Waals surface area contributed by atoms with E-state index in [9.17, 15) is 14.5 Å². The summed E-state index contributed by atoms with van der Waals surface area (Å²) in [5, 5.41) is 6.64. The van der Waals surface area contributed by atoms with Gasteiger partial charge in [0.1, 0.15) is 13.2 Å². The number of imidazole rings is 1. The number of nitrogens with one attached hydrogen (secondary N) is 3. The number of nitrogens with two attached hydrogens (primary N) is 1. The smallest absolute Gasteiger partial charge is 0.439 e. The molecule has 0 spiro atoms. The van der Waals surface area contributed by atoms with Gasteiger partial charge in [-0.15, -0.1) is 0 Å². The number of fused-ring (bicyclic) bond motifs is 1. The lowest BCUT2D eigenvalue weighted by Crippen LogP contribution is -2.58. The monoisotopic (exact) mass is 916 g/mol. The number of aromatic nitrogens is 4. The third-order valence-electron chi connectivity index (χ3n) is 13.5. The molecule has 1 saturated heterocycles. The number of carbonyl (C=O) groups is 1. The highest BCUT2D eigenvalue weighted by molar-refractivity contribution is 9.10. The van der Waals surface area contributed by atoms with Gasteiger partial charge in [0, 0.05) is 18.6 Å². The van der Waals surface area contributed by atoms with Crippen molar-refractivity contribution in [1.29, 1.82) is 0 Å². The molecular weight excluding hydrogens is 844 g/mol. The van der Waals surface area contributed by atoms with Crippen molar-refractivity contribution in [2.75, 3.05) is 58.5 Å². The van der Waals surface area contributed by atoms with Crippen LogP contribution < -0.4 is 21.9 Å². The van der Waals surface area contributed by atoms with Crippen LogP contribution in [-0.2, 0) is 28.0 Å². The molecule has 19 heteroatoms. The molecule has 9 unspecified atom stereocenters. The molecule has 1 aliphatic heterocycles. The predicted molar refractivity (Wildman–Crippen MR) is 237 cm³/mol. The lowest BCUT2D eigenvalue weighted by molar-refractivity contribution is -0.123. The first-order chi connectivity index (χ1) is 27.7. The molecule has 3 rings (SSSR count). The maximum Gasteiger partial charge on any atom is 0.488 e. The number of ether oxygens (including phenoxy) is 4. The van der Waals surface area contributed by atoms with Gasteiger partial charge in [-0.3, -0.25) is 14.3 Å². The van der Waals surface area contributed by atoms with E-state index >= 15 is 0 Å². The van der Waals surface area contributed by atoms with E-state index < -0.39 is 44.5 Å². The van der Waals surface area contributed by atoms with Gasteiger partial charge in [0.2, 0.25) is 5.95 Å². The molecule has 0 saturated carbocycles. The maximum atomic E-state index is 13.1. The van der Waals surface area contributed by atoms with Gasteiger partial charge in [0.15, 0.2) is 28.2 Å². The number of hydrogen-bond acceptors (Lipinski definition) is 13. The van der Waals surface area contributed by atoms with Crippen LogP contribution in [0.3, 0.4) is 0 Å². The molecule has 2 aromatic heterocycles. The molecule has 2 aromatic rings. The third-order valence-corrected chi connectivity index (χ3v) is 15.1. The van der Waals surface area contributed by atoms with Gasteiger partial charge in [-0.2, -0.15) is 14.0 Å². The molecule has 1 aliphatic rings. The highest BCUT2D eigenvalue weighted by Gasteiger charge is 2.45. The van der Waals surface area contributed by atoms with E-state index in [1.165, 1.54) is 17.4 Å². The number of alkyl carbamates (subject to hydrolysis) is 1. The quantitative estimate of drug-likeness (QED) is 0.0364. The summed E-state index contributed by atoms with van der Waals surface area (Å²) in [5.41, 5.74) is 5.21. The molecule has 59 heavy (non-hydrogen) atoms. The molecule has 0 aliphatic carbocycles. The fraction of sp³-hybridized carbons (Fsp3) is 0.850. The van der Waals surface area contributed by atoms with E-state index in [2.05, 4.69) is 118 Å². The number of aromatic amines is 1. The van der Waals surface area contributed by atoms with E-state index in [1.54, 1.807) is 6.92 Å². The lowest BCUT2D eigenvalue weighted by atomic mass is 9.61. The van der Waals surface area contributed by atoms with Crippen LogP contribution in [0.25, 0.3) is 11.2 Å². The number of nitrogen functional groups attached to an aromatic ring is 1. The molecule has 2 radical (unpaired) electrons. The second-order valence-electron chi connectivity index (χ2n) is 17.0. The number of nitrogens with zero attached hydrogens (tertiary/aromatic N) is 3. The van der Waals surface area contributed by atoms with E-state index in [0.29, 0.717) is 67.2 Å². The minimum Gasteiger partial charge on any atom is -0.439 e. The summed E-state index contributed by atoms with van der Waals surface area (Å²) in [4.78, 5) is 47.0. The Morgan fingerprint density at radius 3 is 2.07 bits per heavy atom. The van der Waals surface area contributed by atoms with Crippen molar-refractivity contribution in [3.8, 4) is 0 Å². The van der Waals surface area contributed by atoms with Crippen LogP contribution in [0.4, 0.5) is 10.7 Å². The van der Waals surface area contributed by atoms with Gasteiger partial charge < -0.3 is 35.3 Å². The zero-order valence-electron chi connectivity index (χ0n) is 37.5. The summed E-state index contributed by atoms with van der Waals surface area (Å²) < 4.78 is 36.0. The van der Waals surface area contributed by atoms with Crippen molar-refractivity contribution < 1.29 is 37.7 Å². The Hall–Kier alpha value is -1.89. The molecule has 6 N–H and O–H groups in total. The fourth-order valence-electron chi connectivity index (χ4n) is 8.03. The number of rotatable bonds is 22. The molecule has 1 fully saturated rings. The van der Waals surface area contributed by atoms with Crippen molar-refractivity contribution in [3.63, 3.8) is 0 Å². The van der Waals surface area contributed by atoms with Gasteiger partial charge in [-0.1, -0.05) is 82.1 Å². The minimum absolute atomic E-state index is 0.0287. The van der Waals surface area contributed by atoms with Gasteiger partial charge >= 0.3 is 21.5 Å². The fourth-order valence-corrected chi connectivity index (χ4v) is 9.44. The highest BCUT2D eigenvalue weighted by Crippen LogP contribution is 2.53. The third kappa shape index (κ3) is 14.1. The van der Waals surface area contributed by atoms with Crippen LogP contribution in [0.1, 0.15) is 102 Å². The van der Waals surface area contributed by atoms with Gasteiger partial charge in [0.25, 0.3) is 5.56 Å². The topological polar surface area (TPSA) is 206 Å². The Morgan fingerprint density at radius 1 is 0.966 bits per heavy atom. The van der Waals surface area contributed by atoms with Crippen LogP contribution in [0.5, 0.6) is 0 Å². The standard InChI is InChI=1S/C40H73BBrN7O9P/c1-13-23(3)26(6)28(8)30(10)40(12,31(11)29(9)27(7)24(4)14-2)45-16-18-54-20-19-53-17-15-44-39(51)58-32-22-56-59(41,52)55-21-25(5)57-36(32)49-34-33(46-37(49)42)35(50)48-38(43)47-34/h23-32,36,45,52H,13-22H2,1-12H3,(H,44,51)(H3,43,47,48,50)/q+1/t23?,24?,25-,26?,27?,28?,29?,30?,31?,32-,36+,40?,59?/m0/s1. The van der Waals surface area contributed by atoms with Crippen molar-refractivity contribution >= 4 is 54.5 Å². The second-order valence-corrected chi connectivity index (χ2v) is 19.3. The molecule has 1 amide bonds. The van der Waals surface area contributed by atoms with Crippen molar-refractivity contribution in [2.24, 2.45) is 47.3 Å². The Bertz CT molecular complexity index is 1630. The van der Waals surface area contributed by atoms with Crippen molar-refractivity contribution in [3.05, 3.63) is 15.1 Å². The normalized spacial score (nSPS) is 25.6. The number of anilines is 1. The van der Waals surface area contributed by atoms with Crippen LogP contribution in [0.15, 0.2) is 9.53 Å². The predicted octanol–water partition coefficient (Wildman–Crippen LogP) is 6.64. The first-order valence-corrected chi connectivity index (χ1v) is 23.8. The maximum absolute atomic E-state index is 13.1. The molecular formula is C40H73BBrN7O9P+. The first-order valence-electron chi connectivity index (χ1n) is 21.3. The minimum atomic E-state index is -3.77. The SMILES string of the molecule is [B][P+]1(O)OC[C@H](OC(=O)NCCOCCOCCNC(C)(C(C)C(C)C(C)C(C)CC)C(C)C(C)C(C)C(C)CC)[C@H](n2c(Br)nc3c(=O)[nH]c(N)nc32)O[C@@H](C)CO1. The van der Waals surface area contributed by atoms with Crippen LogP contribution >= 0.6 is 23.8 Å². The average Bonchev–Trinajstić information content (AvgIpc) is 3.55. The Kier molecular flexibility index (Phi) is 20.5. The summed E-state index contributed by atoms with van der Waals surface area (Å²) in [6.45, 7) is 29.7. The van der Waals surface area contributed by atoms with E-state index in [-0.39, 0.29) is 47.1 Å². The molecule has 0 bridgehead atoms. The molecule has 3 heterocycles. The lowest BCUT2D eigenvalue weighted by Gasteiger charge is -2.50. The van der Waals surface area contributed by atoms with E-state index in [4.69, 9.17) is 41.3 Å². The van der Waals surface area contributed by atoms with Crippen LogP contribution in [0.2, 0.25) is 0 Å². The van der Waals surface area contributed by atoms with E-state index in [0.717, 1.165) is 6.54 Å². The molecule has 16 nitrogen and oxygen atoms in total. The number of amides is 1. The summed E-state index contributed by atoms with van der Waals surface area (Å²) in [6.07, 6.45) is -1.52. The zero-order chi connectivity index (χ0) is 44.2. The Balaban J connectivity index is 1.54. The van der Waals surface area contributed by atoms with Gasteiger partial charge in [-0.05, 0) is 77.1 Å². The van der Waals surface area contributed by atoms with E-state index in [1.807, 2.05) is 0 Å². The van der Waals surface area contributed by atoms with Crippen molar-refractivity contribution in [2.45, 2.75) is 120 Å². The van der Waals surface area contributed by atoms with Gasteiger partial charge in [0.05, 0.1) is 32.5 Å². The summed E-state index contributed by atoms with van der Waals surface area (Å²) >= 11 is 3.35. The van der Waals surface area contributed by atoms with Gasteiger partial charge in [-0.25, -0.2) is 14.7 Å². The summed E-state index contributed by atoms with van der Waals surface area (Å²) in [5.74, 6) is 4.42. The molecule has 0 aromatic carbocycles. The number of H-pyrrole nitrogens is 1. The molecule has 12 atom stereocenters. The summed E-state index contributed by atoms with van der Waals surface area (Å²) in [7, 11) is 2.07. The Morgan fingerprint density at radius 2 is 1.51 bits per heavy atom. The zero-order valence-corrected chi connectivity index (χ0v) is 39.9. The average molecular weight is 918 g/mol. The van der Waals surface area contributed by atoms with Crippen LogP contribution in [0, 0.1) is 47.3 Å². The number of carbonyl (C=O) groups excluding carboxylic acids is 1. The molecule has 336 valence electrons. The van der Waals surface area contributed by atoms with Crippen molar-refractivity contribution in [1.82, 2.24) is 30.2 Å².